The number of rotatable bonds is 4. The van der Waals surface area contributed by atoms with Crippen LogP contribution in [0, 0.1) is 6.92 Å². The van der Waals surface area contributed by atoms with E-state index in [1.165, 1.54) is 24.0 Å². The van der Waals surface area contributed by atoms with Crippen LogP contribution in [-0.4, -0.2) is 19.9 Å². The molecular weight excluding hydrogens is 276 g/mol. The number of anilines is 1. The number of nitrogens with zero attached hydrogens (tertiary/aromatic N) is 3. The second-order valence-corrected chi connectivity index (χ2v) is 5.48. The van der Waals surface area contributed by atoms with E-state index in [0.717, 1.165) is 5.56 Å². The molecule has 0 aliphatic rings. The van der Waals surface area contributed by atoms with E-state index in [1.54, 1.807) is 0 Å². The topological polar surface area (TPSA) is 110 Å². The maximum absolute atomic E-state index is 11.3. The van der Waals surface area contributed by atoms with Gasteiger partial charge in [0.25, 0.3) is 5.56 Å². The quantitative estimate of drug-likeness (QED) is 0.338. The number of aromatic nitrogens is 4. The van der Waals surface area contributed by atoms with E-state index >= 15 is 0 Å². The zero-order valence-corrected chi connectivity index (χ0v) is 12.3. The minimum Gasteiger partial charge on any atom is -0.308 e. The summed E-state index contributed by atoms with van der Waals surface area (Å²) < 4.78 is 0. The van der Waals surface area contributed by atoms with Crippen LogP contribution in [0.15, 0.2) is 27.2 Å². The molecular formula is C12H16N6OS. The maximum Gasteiger partial charge on any atom is 0.251 e. The number of hydrazine groups is 1. The third-order valence-corrected chi connectivity index (χ3v) is 3.60. The fourth-order valence-electron chi connectivity index (χ4n) is 1.51. The zero-order chi connectivity index (χ0) is 14.7. The lowest BCUT2D eigenvalue weighted by atomic mass is 10.2. The summed E-state index contributed by atoms with van der Waals surface area (Å²) in [4.78, 5) is 26.9. The average Bonchev–Trinajstić information content (AvgIpc) is 2.41. The molecule has 106 valence electrons. The third kappa shape index (κ3) is 3.14. The van der Waals surface area contributed by atoms with Crippen molar-refractivity contribution in [3.05, 3.63) is 34.0 Å². The summed E-state index contributed by atoms with van der Waals surface area (Å²) in [6.45, 7) is 5.87. The molecule has 0 bridgehead atoms. The molecule has 0 radical (unpaired) electrons. The van der Waals surface area contributed by atoms with Crippen LogP contribution in [0.3, 0.4) is 0 Å². The maximum atomic E-state index is 11.3. The van der Waals surface area contributed by atoms with E-state index in [9.17, 15) is 4.79 Å². The summed E-state index contributed by atoms with van der Waals surface area (Å²) in [5.41, 5.74) is 3.19. The van der Waals surface area contributed by atoms with Crippen LogP contribution in [0.2, 0.25) is 0 Å². The van der Waals surface area contributed by atoms with Crippen molar-refractivity contribution in [3.63, 3.8) is 0 Å². The van der Waals surface area contributed by atoms with Crippen LogP contribution in [0.25, 0.3) is 0 Å². The van der Waals surface area contributed by atoms with Crippen LogP contribution in [0.1, 0.15) is 31.2 Å². The van der Waals surface area contributed by atoms with Crippen molar-refractivity contribution in [2.75, 3.05) is 5.43 Å². The lowest BCUT2D eigenvalue weighted by molar-refractivity contribution is 0.748. The lowest BCUT2D eigenvalue weighted by Gasteiger charge is -2.12. The fraction of sp³-hybridized carbons (Fsp3) is 0.333. The molecule has 0 saturated carbocycles. The van der Waals surface area contributed by atoms with E-state index in [-0.39, 0.29) is 11.5 Å². The van der Waals surface area contributed by atoms with Crippen molar-refractivity contribution >= 4 is 17.6 Å². The van der Waals surface area contributed by atoms with Gasteiger partial charge in [-0.1, -0.05) is 13.8 Å². The van der Waals surface area contributed by atoms with Crippen LogP contribution >= 0.6 is 11.8 Å². The Bertz CT molecular complexity index is 669. The van der Waals surface area contributed by atoms with Gasteiger partial charge in [0.15, 0.2) is 5.16 Å². The summed E-state index contributed by atoms with van der Waals surface area (Å²) in [5.74, 6) is 6.91. The predicted molar refractivity (Wildman–Crippen MR) is 77.6 cm³/mol. The first kappa shape index (κ1) is 14.5. The summed E-state index contributed by atoms with van der Waals surface area (Å²) >= 11 is 1.28. The van der Waals surface area contributed by atoms with Crippen molar-refractivity contribution in [3.8, 4) is 0 Å². The van der Waals surface area contributed by atoms with Crippen molar-refractivity contribution in [2.24, 2.45) is 5.84 Å². The summed E-state index contributed by atoms with van der Waals surface area (Å²) in [5, 5.41) is 1.20. The van der Waals surface area contributed by atoms with Gasteiger partial charge in [0.05, 0.1) is 0 Å². The molecule has 0 aromatic carbocycles. The Morgan fingerprint density at radius 2 is 2.15 bits per heavy atom. The molecule has 0 unspecified atom stereocenters. The van der Waals surface area contributed by atoms with Gasteiger partial charge in [0, 0.05) is 23.7 Å². The highest BCUT2D eigenvalue weighted by Gasteiger charge is 2.14. The number of nitrogens with one attached hydrogen (secondary N) is 2. The van der Waals surface area contributed by atoms with E-state index in [0.29, 0.717) is 21.8 Å². The summed E-state index contributed by atoms with van der Waals surface area (Å²) in [6, 6.07) is 1.36. The number of aromatic amines is 1. The number of H-pyrrole nitrogens is 1. The van der Waals surface area contributed by atoms with Crippen molar-refractivity contribution in [1.29, 1.82) is 0 Å². The normalized spacial score (nSPS) is 10.8. The SMILES string of the molecule is Cc1c(NN)nc(C(C)C)nc1Sc1nccc(=O)[nH]1. The molecule has 20 heavy (non-hydrogen) atoms. The average molecular weight is 292 g/mol. The highest BCUT2D eigenvalue weighted by molar-refractivity contribution is 7.99. The van der Waals surface area contributed by atoms with Crippen LogP contribution in [0.4, 0.5) is 5.82 Å². The van der Waals surface area contributed by atoms with Gasteiger partial charge in [0.1, 0.15) is 16.7 Å². The molecule has 7 nitrogen and oxygen atoms in total. The molecule has 0 aliphatic heterocycles. The third-order valence-electron chi connectivity index (χ3n) is 2.61. The highest BCUT2D eigenvalue weighted by atomic mass is 32.2. The molecule has 4 N–H and O–H groups in total. The molecule has 2 aromatic heterocycles. The van der Waals surface area contributed by atoms with E-state index in [1.807, 2.05) is 20.8 Å². The Balaban J connectivity index is 2.44. The highest BCUT2D eigenvalue weighted by Crippen LogP contribution is 2.29. The largest absolute Gasteiger partial charge is 0.308 e. The van der Waals surface area contributed by atoms with Crippen molar-refractivity contribution < 1.29 is 0 Å². The molecule has 2 rings (SSSR count). The molecule has 8 heteroatoms. The van der Waals surface area contributed by atoms with Gasteiger partial charge < -0.3 is 10.4 Å². The van der Waals surface area contributed by atoms with Crippen LogP contribution in [-0.2, 0) is 0 Å². The summed E-state index contributed by atoms with van der Waals surface area (Å²) in [7, 11) is 0. The van der Waals surface area contributed by atoms with Gasteiger partial charge >= 0.3 is 0 Å². The van der Waals surface area contributed by atoms with Crippen molar-refractivity contribution in [2.45, 2.75) is 36.9 Å². The van der Waals surface area contributed by atoms with Gasteiger partial charge in [0.2, 0.25) is 0 Å². The number of nitrogens with two attached hydrogens (primary N) is 1. The molecule has 0 atom stereocenters. The number of nitrogen functional groups attached to an aromatic ring is 1. The van der Waals surface area contributed by atoms with E-state index < -0.39 is 0 Å². The second-order valence-electron chi connectivity index (χ2n) is 4.50. The first-order valence-electron chi connectivity index (χ1n) is 6.09. The van der Waals surface area contributed by atoms with Crippen LogP contribution < -0.4 is 16.8 Å². The number of hydrogen-bond donors (Lipinski definition) is 3. The van der Waals surface area contributed by atoms with E-state index in [2.05, 4.69) is 25.4 Å². The van der Waals surface area contributed by atoms with Gasteiger partial charge in [-0.2, -0.15) is 0 Å². The summed E-state index contributed by atoms with van der Waals surface area (Å²) in [6.07, 6.45) is 1.46. The smallest absolute Gasteiger partial charge is 0.251 e. The Labute approximate surface area is 120 Å². The Morgan fingerprint density at radius 3 is 2.75 bits per heavy atom. The molecule has 0 amide bonds. The van der Waals surface area contributed by atoms with Gasteiger partial charge in [-0.15, -0.1) is 0 Å². The van der Waals surface area contributed by atoms with Gasteiger partial charge in [-0.3, -0.25) is 4.79 Å². The van der Waals surface area contributed by atoms with Crippen LogP contribution in [0.5, 0.6) is 0 Å². The minimum atomic E-state index is -0.199. The predicted octanol–water partition coefficient (Wildman–Crippen LogP) is 1.43. The molecule has 0 fully saturated rings. The standard InChI is InChI=1S/C12H16N6OS/c1-6(2)9-16-10(18-13)7(3)11(17-9)20-12-14-5-4-8(19)15-12/h4-6H,13H2,1-3H3,(H,14,15,19)(H,16,17,18). The van der Waals surface area contributed by atoms with Gasteiger partial charge in [-0.25, -0.2) is 20.8 Å². The van der Waals surface area contributed by atoms with Crippen molar-refractivity contribution in [1.82, 2.24) is 19.9 Å². The molecule has 2 heterocycles. The number of hydrogen-bond acceptors (Lipinski definition) is 7. The lowest BCUT2D eigenvalue weighted by Crippen LogP contribution is -2.14. The molecule has 2 aromatic rings. The minimum absolute atomic E-state index is 0.171. The Morgan fingerprint density at radius 1 is 1.40 bits per heavy atom. The molecule has 0 saturated heterocycles. The fourth-order valence-corrected chi connectivity index (χ4v) is 2.34. The zero-order valence-electron chi connectivity index (χ0n) is 11.5. The van der Waals surface area contributed by atoms with E-state index in [4.69, 9.17) is 5.84 Å². The monoisotopic (exact) mass is 292 g/mol. The first-order chi connectivity index (χ1) is 9.51. The van der Waals surface area contributed by atoms with Gasteiger partial charge in [-0.05, 0) is 18.7 Å². The Hall–Kier alpha value is -1.93. The Kier molecular flexibility index (Phi) is 4.35. The second kappa shape index (κ2) is 6.02. The molecule has 0 aliphatic carbocycles. The first-order valence-corrected chi connectivity index (χ1v) is 6.91. The molecule has 0 spiro atoms.